The third-order valence-corrected chi connectivity index (χ3v) is 5.11. The molecule has 0 radical (unpaired) electrons. The maximum absolute atomic E-state index is 12.6. The number of hydrogen-bond acceptors (Lipinski definition) is 4. The number of thioether (sulfide) groups is 1. The number of hydrogen-bond donors (Lipinski definition) is 0. The van der Waals surface area contributed by atoms with Crippen LogP contribution in [0.5, 0.6) is 0 Å². The second kappa shape index (κ2) is 5.87. The highest BCUT2D eigenvalue weighted by molar-refractivity contribution is 9.10. The molecule has 1 atom stereocenters. The molecule has 2 amide bonds. The summed E-state index contributed by atoms with van der Waals surface area (Å²) in [7, 11) is 0. The molecule has 0 aromatic heterocycles. The Kier molecular flexibility index (Phi) is 4.14. The van der Waals surface area contributed by atoms with Crippen LogP contribution in [0.4, 0.5) is 5.69 Å². The van der Waals surface area contributed by atoms with Gasteiger partial charge in [-0.3, -0.25) is 14.5 Å². The summed E-state index contributed by atoms with van der Waals surface area (Å²) >= 11 is 5.28. The number of amides is 2. The molecule has 0 aliphatic carbocycles. The smallest absolute Gasteiger partial charge is 0.251 e. The summed E-state index contributed by atoms with van der Waals surface area (Å²) in [6.45, 7) is 1.78. The zero-order chi connectivity index (χ0) is 14.1. The van der Waals surface area contributed by atoms with Crippen molar-refractivity contribution in [3.8, 4) is 0 Å². The highest BCUT2D eigenvalue weighted by Gasteiger charge is 2.42. The zero-order valence-electron chi connectivity index (χ0n) is 10.9. The lowest BCUT2D eigenvalue weighted by Gasteiger charge is -2.30. The van der Waals surface area contributed by atoms with Crippen molar-refractivity contribution in [2.75, 3.05) is 29.5 Å². The number of carbonyl (C=O) groups excluding carboxylic acids is 2. The van der Waals surface area contributed by atoms with Crippen molar-refractivity contribution in [2.24, 2.45) is 0 Å². The van der Waals surface area contributed by atoms with E-state index in [2.05, 4.69) is 20.8 Å². The second-order valence-electron chi connectivity index (χ2n) is 4.92. The highest BCUT2D eigenvalue weighted by atomic mass is 79.9. The Morgan fingerprint density at radius 1 is 1.20 bits per heavy atom. The number of carbonyl (C=O) groups is 2. The van der Waals surface area contributed by atoms with Crippen LogP contribution in [0.1, 0.15) is 6.42 Å². The molecule has 106 valence electrons. The van der Waals surface area contributed by atoms with Crippen LogP contribution in [0.25, 0.3) is 0 Å². The van der Waals surface area contributed by atoms with Gasteiger partial charge in [0, 0.05) is 29.1 Å². The van der Waals surface area contributed by atoms with E-state index in [4.69, 9.17) is 0 Å². The standard InChI is InChI=1S/C14H15BrN2O2S/c15-10-2-1-3-11(8-10)17-13(18)9-12(14(17)19)16-4-6-20-7-5-16/h1-3,8,12H,4-7,9H2/t12-/m0/s1. The summed E-state index contributed by atoms with van der Waals surface area (Å²) in [6.07, 6.45) is 0.302. The van der Waals surface area contributed by atoms with E-state index in [1.165, 1.54) is 4.90 Å². The molecule has 0 saturated carbocycles. The summed E-state index contributed by atoms with van der Waals surface area (Å²) < 4.78 is 0.869. The highest BCUT2D eigenvalue weighted by Crippen LogP contribution is 2.28. The Bertz CT molecular complexity index is 546. The Labute approximate surface area is 130 Å². The average molecular weight is 355 g/mol. The molecule has 0 spiro atoms. The Morgan fingerprint density at radius 3 is 2.65 bits per heavy atom. The minimum atomic E-state index is -0.276. The van der Waals surface area contributed by atoms with E-state index in [0.717, 1.165) is 29.1 Å². The van der Waals surface area contributed by atoms with Crippen molar-refractivity contribution in [3.05, 3.63) is 28.7 Å². The third-order valence-electron chi connectivity index (χ3n) is 3.68. The predicted molar refractivity (Wildman–Crippen MR) is 83.9 cm³/mol. The van der Waals surface area contributed by atoms with Crippen molar-refractivity contribution in [1.82, 2.24) is 4.90 Å². The number of nitrogens with zero attached hydrogens (tertiary/aromatic N) is 2. The molecule has 20 heavy (non-hydrogen) atoms. The van der Waals surface area contributed by atoms with E-state index >= 15 is 0 Å². The lowest BCUT2D eigenvalue weighted by molar-refractivity contribution is -0.122. The number of halogens is 1. The summed E-state index contributed by atoms with van der Waals surface area (Å²) in [6, 6.07) is 7.06. The van der Waals surface area contributed by atoms with Gasteiger partial charge in [0.2, 0.25) is 5.91 Å². The van der Waals surface area contributed by atoms with E-state index in [1.54, 1.807) is 6.07 Å². The van der Waals surface area contributed by atoms with Crippen molar-refractivity contribution in [3.63, 3.8) is 0 Å². The van der Waals surface area contributed by atoms with Gasteiger partial charge in [-0.25, -0.2) is 4.90 Å². The molecule has 6 heteroatoms. The first-order valence-electron chi connectivity index (χ1n) is 6.61. The van der Waals surface area contributed by atoms with Gasteiger partial charge in [-0.1, -0.05) is 22.0 Å². The molecule has 1 aromatic carbocycles. The molecule has 1 aromatic rings. The summed E-state index contributed by atoms with van der Waals surface area (Å²) in [5.74, 6) is 1.89. The largest absolute Gasteiger partial charge is 0.290 e. The molecule has 2 aliphatic heterocycles. The molecule has 2 heterocycles. The molecule has 0 unspecified atom stereocenters. The van der Waals surface area contributed by atoms with Gasteiger partial charge in [0.15, 0.2) is 0 Å². The summed E-state index contributed by atoms with van der Waals surface area (Å²) in [4.78, 5) is 28.3. The van der Waals surface area contributed by atoms with E-state index in [1.807, 2.05) is 30.0 Å². The molecule has 2 fully saturated rings. The number of anilines is 1. The van der Waals surface area contributed by atoms with Crippen LogP contribution in [0, 0.1) is 0 Å². The molecule has 4 nitrogen and oxygen atoms in total. The summed E-state index contributed by atoms with van der Waals surface area (Å²) in [5.41, 5.74) is 0.656. The number of benzene rings is 1. The van der Waals surface area contributed by atoms with Gasteiger partial charge in [0.1, 0.15) is 0 Å². The van der Waals surface area contributed by atoms with Crippen LogP contribution in [0.15, 0.2) is 28.7 Å². The van der Waals surface area contributed by atoms with Crippen LogP contribution in [-0.4, -0.2) is 47.4 Å². The minimum absolute atomic E-state index is 0.0833. The van der Waals surface area contributed by atoms with E-state index in [0.29, 0.717) is 12.1 Å². The van der Waals surface area contributed by atoms with Gasteiger partial charge >= 0.3 is 0 Å². The maximum atomic E-state index is 12.6. The average Bonchev–Trinajstić information content (AvgIpc) is 2.75. The first kappa shape index (κ1) is 14.1. The summed E-state index contributed by atoms with van der Waals surface area (Å²) in [5, 5.41) is 0. The molecular formula is C14H15BrN2O2S. The van der Waals surface area contributed by atoms with Crippen molar-refractivity contribution >= 4 is 45.2 Å². The normalized spacial score (nSPS) is 24.4. The van der Waals surface area contributed by atoms with Crippen LogP contribution in [0.2, 0.25) is 0 Å². The van der Waals surface area contributed by atoms with Crippen LogP contribution >= 0.6 is 27.7 Å². The van der Waals surface area contributed by atoms with Gasteiger partial charge in [-0.15, -0.1) is 0 Å². The molecule has 3 rings (SSSR count). The maximum Gasteiger partial charge on any atom is 0.251 e. The Balaban J connectivity index is 1.83. The van der Waals surface area contributed by atoms with Crippen molar-refractivity contribution < 1.29 is 9.59 Å². The van der Waals surface area contributed by atoms with Gasteiger partial charge in [-0.2, -0.15) is 11.8 Å². The third kappa shape index (κ3) is 2.64. The Morgan fingerprint density at radius 2 is 1.95 bits per heavy atom. The van der Waals surface area contributed by atoms with Crippen LogP contribution in [0.3, 0.4) is 0 Å². The van der Waals surface area contributed by atoms with Crippen LogP contribution < -0.4 is 4.90 Å². The van der Waals surface area contributed by atoms with E-state index in [9.17, 15) is 9.59 Å². The number of rotatable bonds is 2. The fourth-order valence-corrected chi connectivity index (χ4v) is 4.00. The number of imide groups is 1. The topological polar surface area (TPSA) is 40.6 Å². The Hall–Kier alpha value is -0.850. The lowest BCUT2D eigenvalue weighted by Crippen LogP contribution is -2.45. The van der Waals surface area contributed by atoms with E-state index in [-0.39, 0.29) is 17.9 Å². The fourth-order valence-electron chi connectivity index (χ4n) is 2.68. The first-order chi connectivity index (χ1) is 9.66. The minimum Gasteiger partial charge on any atom is -0.290 e. The monoisotopic (exact) mass is 354 g/mol. The molecular weight excluding hydrogens is 340 g/mol. The molecule has 0 N–H and O–H groups in total. The van der Waals surface area contributed by atoms with Crippen molar-refractivity contribution in [2.45, 2.75) is 12.5 Å². The lowest BCUT2D eigenvalue weighted by atomic mass is 10.2. The van der Waals surface area contributed by atoms with Crippen molar-refractivity contribution in [1.29, 1.82) is 0 Å². The van der Waals surface area contributed by atoms with Crippen LogP contribution in [-0.2, 0) is 9.59 Å². The molecule has 2 saturated heterocycles. The van der Waals surface area contributed by atoms with Gasteiger partial charge < -0.3 is 0 Å². The van der Waals surface area contributed by atoms with Gasteiger partial charge in [0.05, 0.1) is 18.2 Å². The van der Waals surface area contributed by atoms with E-state index < -0.39 is 0 Å². The first-order valence-corrected chi connectivity index (χ1v) is 8.56. The predicted octanol–water partition coefficient (Wildman–Crippen LogP) is 2.13. The molecule has 0 bridgehead atoms. The second-order valence-corrected chi connectivity index (χ2v) is 7.06. The fraction of sp³-hybridized carbons (Fsp3) is 0.429. The zero-order valence-corrected chi connectivity index (χ0v) is 13.3. The van der Waals surface area contributed by atoms with Gasteiger partial charge in [0.25, 0.3) is 5.91 Å². The SMILES string of the molecule is O=C1C[C@H](N2CCSCC2)C(=O)N1c1cccc(Br)c1. The quantitative estimate of drug-likeness (QED) is 0.763. The van der Waals surface area contributed by atoms with Gasteiger partial charge in [-0.05, 0) is 18.2 Å². The molecule has 2 aliphatic rings.